The minimum Gasteiger partial charge on any atom is -0.497 e. The summed E-state index contributed by atoms with van der Waals surface area (Å²) in [5.74, 6) is 0.356. The number of benzene rings is 3. The van der Waals surface area contributed by atoms with Gasteiger partial charge in [0.25, 0.3) is 0 Å². The van der Waals surface area contributed by atoms with Crippen LogP contribution in [0.1, 0.15) is 29.5 Å². The summed E-state index contributed by atoms with van der Waals surface area (Å²) in [6.07, 6.45) is -0.340. The number of ether oxygens (including phenoxy) is 3. The summed E-state index contributed by atoms with van der Waals surface area (Å²) >= 11 is 0. The molecule has 0 saturated carbocycles. The van der Waals surface area contributed by atoms with Crippen LogP contribution in [0.25, 0.3) is 0 Å². The molecule has 0 heterocycles. The smallest absolute Gasteiger partial charge is 0.303 e. The predicted octanol–water partition coefficient (Wildman–Crippen LogP) is 3.80. The Morgan fingerprint density at radius 1 is 0.758 bits per heavy atom. The van der Waals surface area contributed by atoms with Crippen molar-refractivity contribution >= 4 is 11.8 Å². The van der Waals surface area contributed by atoms with Crippen molar-refractivity contribution in [3.8, 4) is 17.2 Å². The Balaban J connectivity index is 1.95. The number of carbonyl (C=O) groups is 2. The summed E-state index contributed by atoms with van der Waals surface area (Å²) in [5.41, 5.74) is 0.241. The van der Waals surface area contributed by atoms with Crippen molar-refractivity contribution in [3.63, 3.8) is 0 Å². The lowest BCUT2D eigenvalue weighted by molar-refractivity contribution is -0.138. The molecule has 0 saturated heterocycles. The second-order valence-corrected chi connectivity index (χ2v) is 7.42. The minimum absolute atomic E-state index is 0.101. The first-order valence-electron chi connectivity index (χ1n) is 10.3. The first kappa shape index (κ1) is 23.8. The number of rotatable bonds is 11. The summed E-state index contributed by atoms with van der Waals surface area (Å²) < 4.78 is 16.1. The van der Waals surface area contributed by atoms with Gasteiger partial charge in [-0.25, -0.2) is 0 Å². The highest BCUT2D eigenvalue weighted by molar-refractivity contribution is 5.83. The van der Waals surface area contributed by atoms with Gasteiger partial charge < -0.3 is 24.4 Å². The second-order valence-electron chi connectivity index (χ2n) is 7.42. The van der Waals surface area contributed by atoms with Crippen LogP contribution in [0.5, 0.6) is 17.2 Å². The summed E-state index contributed by atoms with van der Waals surface area (Å²) in [7, 11) is 3.15. The van der Waals surface area contributed by atoms with E-state index in [9.17, 15) is 14.7 Å². The molecule has 0 aliphatic heterocycles. The molecule has 0 bridgehead atoms. The van der Waals surface area contributed by atoms with Gasteiger partial charge in [-0.05, 0) is 53.1 Å². The van der Waals surface area contributed by atoms with Crippen molar-refractivity contribution in [1.82, 2.24) is 0 Å². The van der Waals surface area contributed by atoms with Gasteiger partial charge in [0.05, 0.1) is 20.6 Å². The summed E-state index contributed by atoms with van der Waals surface area (Å²) in [4.78, 5) is 22.6. The first-order chi connectivity index (χ1) is 15.9. The van der Waals surface area contributed by atoms with Crippen LogP contribution in [-0.4, -0.2) is 42.8 Å². The maximum absolute atomic E-state index is 12.0. The third-order valence-corrected chi connectivity index (χ3v) is 5.28. The molecule has 3 aromatic carbocycles. The zero-order chi connectivity index (χ0) is 23.8. The number of carboxylic acids is 1. The highest BCUT2D eigenvalue weighted by atomic mass is 16.5. The predicted molar refractivity (Wildman–Crippen MR) is 122 cm³/mol. The highest BCUT2D eigenvalue weighted by Gasteiger charge is 2.34. The summed E-state index contributed by atoms with van der Waals surface area (Å²) in [6, 6.07) is 21.1. The van der Waals surface area contributed by atoms with Gasteiger partial charge in [0.1, 0.15) is 29.5 Å². The third kappa shape index (κ3) is 5.70. The van der Waals surface area contributed by atoms with Crippen molar-refractivity contribution in [2.24, 2.45) is 0 Å². The van der Waals surface area contributed by atoms with Gasteiger partial charge in [-0.1, -0.05) is 36.4 Å². The number of ketones is 1. The third-order valence-electron chi connectivity index (χ3n) is 5.28. The molecular weight excluding hydrogens is 424 g/mol. The standard InChI is InChI=1S/C26H26O7/c1-31-22-11-6-18(7-12-22)26(30,19-8-13-23(32-2)14-9-19)20-4-3-5-24(16-20)33-17-21(27)10-15-25(28)29/h3-9,11-14,16,30H,10,15,17H2,1-2H3,(H,28,29). The van der Waals surface area contributed by atoms with Gasteiger partial charge in [-0.2, -0.15) is 0 Å². The average Bonchev–Trinajstić information content (AvgIpc) is 2.86. The van der Waals surface area contributed by atoms with E-state index < -0.39 is 11.6 Å². The minimum atomic E-state index is -1.52. The molecule has 2 N–H and O–H groups in total. The van der Waals surface area contributed by atoms with Crippen molar-refractivity contribution in [2.75, 3.05) is 20.8 Å². The zero-order valence-corrected chi connectivity index (χ0v) is 18.5. The van der Waals surface area contributed by atoms with Crippen molar-refractivity contribution in [1.29, 1.82) is 0 Å². The van der Waals surface area contributed by atoms with E-state index in [0.29, 0.717) is 33.9 Å². The number of carbonyl (C=O) groups excluding carboxylic acids is 1. The van der Waals surface area contributed by atoms with Crippen LogP contribution in [0.4, 0.5) is 0 Å². The van der Waals surface area contributed by atoms with E-state index in [1.54, 1.807) is 87.0 Å². The number of methoxy groups -OCH3 is 2. The lowest BCUT2D eigenvalue weighted by Gasteiger charge is -2.30. The number of aliphatic hydroxyl groups is 1. The van der Waals surface area contributed by atoms with E-state index >= 15 is 0 Å². The molecule has 0 radical (unpaired) electrons. The Morgan fingerprint density at radius 3 is 1.79 bits per heavy atom. The van der Waals surface area contributed by atoms with Crippen LogP contribution in [0, 0.1) is 0 Å². The first-order valence-corrected chi connectivity index (χ1v) is 10.3. The molecule has 0 amide bonds. The average molecular weight is 450 g/mol. The van der Waals surface area contributed by atoms with Crippen molar-refractivity contribution < 1.29 is 34.0 Å². The molecule has 3 aromatic rings. The highest BCUT2D eigenvalue weighted by Crippen LogP contribution is 2.39. The molecule has 7 heteroatoms. The van der Waals surface area contributed by atoms with Crippen LogP contribution in [0.3, 0.4) is 0 Å². The van der Waals surface area contributed by atoms with Crippen LogP contribution < -0.4 is 14.2 Å². The fourth-order valence-electron chi connectivity index (χ4n) is 3.46. The molecule has 3 rings (SSSR count). The molecular formula is C26H26O7. The number of carboxylic acid groups (broad SMARTS) is 1. The summed E-state index contributed by atoms with van der Waals surface area (Å²) in [6.45, 7) is -0.250. The molecule has 0 aromatic heterocycles. The molecule has 0 spiro atoms. The molecule has 0 aliphatic carbocycles. The van der Waals surface area contributed by atoms with Gasteiger partial charge in [-0.15, -0.1) is 0 Å². The lowest BCUT2D eigenvalue weighted by Crippen LogP contribution is -2.29. The van der Waals surface area contributed by atoms with E-state index in [0.717, 1.165) is 0 Å². The fraction of sp³-hybridized carbons (Fsp3) is 0.231. The van der Waals surface area contributed by atoms with Crippen LogP contribution in [0.15, 0.2) is 72.8 Å². The van der Waals surface area contributed by atoms with E-state index in [4.69, 9.17) is 19.3 Å². The van der Waals surface area contributed by atoms with Gasteiger partial charge in [0.2, 0.25) is 0 Å². The van der Waals surface area contributed by atoms with Crippen LogP contribution in [-0.2, 0) is 15.2 Å². The molecule has 7 nitrogen and oxygen atoms in total. The quantitative estimate of drug-likeness (QED) is 0.429. The van der Waals surface area contributed by atoms with Crippen LogP contribution in [0.2, 0.25) is 0 Å². The van der Waals surface area contributed by atoms with Crippen LogP contribution >= 0.6 is 0 Å². The molecule has 33 heavy (non-hydrogen) atoms. The monoisotopic (exact) mass is 450 g/mol. The Labute approximate surface area is 192 Å². The van der Waals surface area contributed by atoms with E-state index in [2.05, 4.69) is 0 Å². The molecule has 0 fully saturated rings. The molecule has 172 valence electrons. The SMILES string of the molecule is COc1ccc(C(O)(c2ccc(OC)cc2)c2cccc(OCC(=O)CCC(=O)O)c2)cc1. The zero-order valence-electron chi connectivity index (χ0n) is 18.5. The maximum atomic E-state index is 12.0. The van der Waals surface area contributed by atoms with Crippen molar-refractivity contribution in [3.05, 3.63) is 89.5 Å². The number of hydrogen-bond acceptors (Lipinski definition) is 6. The Morgan fingerprint density at radius 2 is 1.30 bits per heavy atom. The molecule has 0 atom stereocenters. The van der Waals surface area contributed by atoms with E-state index in [1.807, 2.05) is 0 Å². The summed E-state index contributed by atoms with van der Waals surface area (Å²) in [5, 5.41) is 20.7. The number of hydrogen-bond donors (Lipinski definition) is 2. The normalized spacial score (nSPS) is 11.0. The maximum Gasteiger partial charge on any atom is 0.303 e. The lowest BCUT2D eigenvalue weighted by atomic mass is 9.80. The Kier molecular flexibility index (Phi) is 7.69. The van der Waals surface area contributed by atoms with Gasteiger partial charge in [0, 0.05) is 6.42 Å². The Hall–Kier alpha value is -3.84. The second kappa shape index (κ2) is 10.7. The number of aliphatic carboxylic acids is 1. The van der Waals surface area contributed by atoms with Gasteiger partial charge in [0.15, 0.2) is 5.78 Å². The fourth-order valence-corrected chi connectivity index (χ4v) is 3.46. The largest absolute Gasteiger partial charge is 0.497 e. The molecule has 0 aliphatic rings. The van der Waals surface area contributed by atoms with E-state index in [-0.39, 0.29) is 25.2 Å². The van der Waals surface area contributed by atoms with Gasteiger partial charge >= 0.3 is 5.97 Å². The number of Topliss-reactive ketones (excluding diaryl/α,β-unsaturated/α-hetero) is 1. The van der Waals surface area contributed by atoms with E-state index in [1.165, 1.54) is 0 Å². The Bertz CT molecular complexity index is 1040. The molecule has 0 unspecified atom stereocenters. The van der Waals surface area contributed by atoms with Crippen molar-refractivity contribution in [2.45, 2.75) is 18.4 Å². The van der Waals surface area contributed by atoms with Gasteiger partial charge in [-0.3, -0.25) is 9.59 Å². The topological polar surface area (TPSA) is 102 Å².